The topological polar surface area (TPSA) is 73.6 Å². The number of halogens is 4. The summed E-state index contributed by atoms with van der Waals surface area (Å²) in [6.07, 6.45) is -3.03. The monoisotopic (exact) mass is 385 g/mol. The molecule has 0 heterocycles. The molecule has 0 aliphatic rings. The van der Waals surface area contributed by atoms with Crippen molar-refractivity contribution in [2.24, 2.45) is 5.16 Å². The van der Waals surface area contributed by atoms with Crippen LogP contribution in [0.4, 0.5) is 24.5 Å². The summed E-state index contributed by atoms with van der Waals surface area (Å²) in [7, 11) is 0. The molecule has 4 N–H and O–H groups in total. The van der Waals surface area contributed by atoms with Gasteiger partial charge < -0.3 is 16.3 Å². The van der Waals surface area contributed by atoms with Crippen LogP contribution in [0.15, 0.2) is 41.6 Å². The van der Waals surface area contributed by atoms with Crippen molar-refractivity contribution in [2.45, 2.75) is 32.5 Å². The first kappa shape index (κ1) is 19.9. The number of rotatable bonds is 6. The number of alkyl halides is 3. The van der Waals surface area contributed by atoms with Gasteiger partial charge in [-0.1, -0.05) is 36.2 Å². The standard InChI is InChI=1S/C18H19ClF3N3O/c1-2-3-17(14-9-13(19)6-7-15(14)23)25-26-10-11-4-5-12(8-16(11)24)18(20,21)22/h4-9H,2-3,10,23-24H2,1H3/b25-17+. The first-order valence-corrected chi connectivity index (χ1v) is 8.30. The zero-order valence-corrected chi connectivity index (χ0v) is 14.9. The Morgan fingerprint density at radius 3 is 2.46 bits per heavy atom. The Balaban J connectivity index is 2.17. The van der Waals surface area contributed by atoms with E-state index in [1.807, 2.05) is 6.92 Å². The molecule has 0 fully saturated rings. The van der Waals surface area contributed by atoms with Crippen LogP contribution in [0.3, 0.4) is 0 Å². The Morgan fingerprint density at radius 2 is 1.85 bits per heavy atom. The predicted octanol–water partition coefficient (Wildman–Crippen LogP) is 5.24. The highest BCUT2D eigenvalue weighted by atomic mass is 35.5. The summed E-state index contributed by atoms with van der Waals surface area (Å²) in [5.74, 6) is 0. The van der Waals surface area contributed by atoms with E-state index in [4.69, 9.17) is 27.9 Å². The highest BCUT2D eigenvalue weighted by Gasteiger charge is 2.30. The maximum atomic E-state index is 12.7. The minimum Gasteiger partial charge on any atom is -0.398 e. The molecule has 0 amide bonds. The fraction of sp³-hybridized carbons (Fsp3) is 0.278. The molecule has 0 aliphatic carbocycles. The van der Waals surface area contributed by atoms with Crippen LogP contribution in [-0.2, 0) is 17.6 Å². The van der Waals surface area contributed by atoms with E-state index in [1.165, 1.54) is 6.07 Å². The number of hydrogen-bond donors (Lipinski definition) is 2. The van der Waals surface area contributed by atoms with Gasteiger partial charge in [-0.15, -0.1) is 0 Å². The van der Waals surface area contributed by atoms with Crippen LogP contribution in [0.25, 0.3) is 0 Å². The van der Waals surface area contributed by atoms with Crippen LogP contribution >= 0.6 is 11.6 Å². The SMILES string of the molecule is CCC/C(=N\OCc1ccc(C(F)(F)F)cc1N)c1cc(Cl)ccc1N. The molecule has 0 unspecified atom stereocenters. The van der Waals surface area contributed by atoms with Crippen molar-refractivity contribution in [3.63, 3.8) is 0 Å². The van der Waals surface area contributed by atoms with Crippen molar-refractivity contribution >= 4 is 28.7 Å². The van der Waals surface area contributed by atoms with E-state index in [0.717, 1.165) is 18.6 Å². The van der Waals surface area contributed by atoms with Gasteiger partial charge in [0.2, 0.25) is 0 Å². The zero-order chi connectivity index (χ0) is 19.3. The van der Waals surface area contributed by atoms with Crippen molar-refractivity contribution in [3.8, 4) is 0 Å². The average molecular weight is 386 g/mol. The van der Waals surface area contributed by atoms with Gasteiger partial charge in [0.05, 0.1) is 11.3 Å². The van der Waals surface area contributed by atoms with E-state index >= 15 is 0 Å². The highest BCUT2D eigenvalue weighted by Crippen LogP contribution is 2.31. The fourth-order valence-corrected chi connectivity index (χ4v) is 2.50. The Morgan fingerprint density at radius 1 is 1.12 bits per heavy atom. The number of benzene rings is 2. The fourth-order valence-electron chi connectivity index (χ4n) is 2.33. The average Bonchev–Trinajstić information content (AvgIpc) is 2.57. The summed E-state index contributed by atoms with van der Waals surface area (Å²) in [6.45, 7) is 1.92. The Kier molecular flexibility index (Phi) is 6.37. The normalized spacial score (nSPS) is 12.3. The molecule has 0 spiro atoms. The van der Waals surface area contributed by atoms with Crippen LogP contribution in [-0.4, -0.2) is 5.71 Å². The van der Waals surface area contributed by atoms with Crippen molar-refractivity contribution < 1.29 is 18.0 Å². The van der Waals surface area contributed by atoms with Crippen molar-refractivity contribution in [1.29, 1.82) is 0 Å². The molecule has 8 heteroatoms. The first-order chi connectivity index (χ1) is 12.2. The number of anilines is 2. The van der Waals surface area contributed by atoms with Crippen molar-refractivity contribution in [1.82, 2.24) is 0 Å². The third-order valence-electron chi connectivity index (χ3n) is 3.68. The summed E-state index contributed by atoms with van der Waals surface area (Å²) >= 11 is 6.00. The molecule has 0 aromatic heterocycles. The molecular weight excluding hydrogens is 367 g/mol. The van der Waals surface area contributed by atoms with Crippen LogP contribution in [0.5, 0.6) is 0 Å². The molecule has 140 valence electrons. The number of oxime groups is 1. The summed E-state index contributed by atoms with van der Waals surface area (Å²) < 4.78 is 38.0. The maximum absolute atomic E-state index is 12.7. The molecule has 2 rings (SSSR count). The molecule has 0 aliphatic heterocycles. The summed E-state index contributed by atoms with van der Waals surface area (Å²) in [5, 5.41) is 4.61. The summed E-state index contributed by atoms with van der Waals surface area (Å²) in [5.41, 5.74) is 13.0. The molecule has 0 saturated heterocycles. The van der Waals surface area contributed by atoms with Gasteiger partial charge in [-0.3, -0.25) is 0 Å². The van der Waals surface area contributed by atoms with Gasteiger partial charge in [0.25, 0.3) is 0 Å². The molecule has 0 atom stereocenters. The lowest BCUT2D eigenvalue weighted by Crippen LogP contribution is -2.08. The number of nitrogen functional groups attached to an aromatic ring is 2. The third kappa shape index (κ3) is 5.05. The molecule has 4 nitrogen and oxygen atoms in total. The maximum Gasteiger partial charge on any atom is 0.416 e. The highest BCUT2D eigenvalue weighted by molar-refractivity contribution is 6.31. The van der Waals surface area contributed by atoms with Gasteiger partial charge >= 0.3 is 6.18 Å². The second-order valence-corrected chi connectivity index (χ2v) is 6.14. The quantitative estimate of drug-likeness (QED) is 0.405. The van der Waals surface area contributed by atoms with E-state index in [0.29, 0.717) is 34.0 Å². The van der Waals surface area contributed by atoms with Crippen LogP contribution < -0.4 is 11.5 Å². The van der Waals surface area contributed by atoms with E-state index < -0.39 is 11.7 Å². The van der Waals surface area contributed by atoms with Crippen molar-refractivity contribution in [3.05, 3.63) is 58.1 Å². The molecule has 0 radical (unpaired) electrons. The van der Waals surface area contributed by atoms with Gasteiger partial charge in [-0.25, -0.2) is 0 Å². The molecule has 2 aromatic rings. The van der Waals surface area contributed by atoms with Crippen LogP contribution in [0, 0.1) is 0 Å². The van der Waals surface area contributed by atoms with Crippen LogP contribution in [0.2, 0.25) is 5.02 Å². The number of nitrogens with zero attached hydrogens (tertiary/aromatic N) is 1. The molecule has 2 aromatic carbocycles. The number of hydrogen-bond acceptors (Lipinski definition) is 4. The minimum atomic E-state index is -4.44. The van der Waals surface area contributed by atoms with Crippen LogP contribution in [0.1, 0.15) is 36.5 Å². The summed E-state index contributed by atoms with van der Waals surface area (Å²) in [6, 6.07) is 8.16. The Hall–Kier alpha value is -2.41. The third-order valence-corrected chi connectivity index (χ3v) is 3.92. The number of nitrogens with two attached hydrogens (primary N) is 2. The molecular formula is C18H19ClF3N3O. The smallest absolute Gasteiger partial charge is 0.398 e. The minimum absolute atomic E-state index is 0.00524. The second-order valence-electron chi connectivity index (χ2n) is 5.70. The van der Waals surface area contributed by atoms with Crippen molar-refractivity contribution in [2.75, 3.05) is 11.5 Å². The Bertz CT molecular complexity index is 807. The zero-order valence-electron chi connectivity index (χ0n) is 14.1. The van der Waals surface area contributed by atoms with E-state index in [-0.39, 0.29) is 12.3 Å². The first-order valence-electron chi connectivity index (χ1n) is 7.92. The van der Waals surface area contributed by atoms with E-state index in [1.54, 1.807) is 18.2 Å². The lowest BCUT2D eigenvalue weighted by Gasteiger charge is -2.12. The lowest BCUT2D eigenvalue weighted by atomic mass is 10.0. The predicted molar refractivity (Wildman–Crippen MR) is 98.0 cm³/mol. The van der Waals surface area contributed by atoms with Gasteiger partial charge in [0.15, 0.2) is 0 Å². The Labute approximate surface area is 154 Å². The van der Waals surface area contributed by atoms with E-state index in [9.17, 15) is 13.2 Å². The molecule has 0 bridgehead atoms. The molecule has 0 saturated carbocycles. The van der Waals surface area contributed by atoms with E-state index in [2.05, 4.69) is 5.16 Å². The van der Waals surface area contributed by atoms with Gasteiger partial charge in [-0.2, -0.15) is 13.2 Å². The van der Waals surface area contributed by atoms with Gasteiger partial charge in [0.1, 0.15) is 6.61 Å². The lowest BCUT2D eigenvalue weighted by molar-refractivity contribution is -0.137. The van der Waals surface area contributed by atoms with Gasteiger partial charge in [-0.05, 0) is 36.8 Å². The largest absolute Gasteiger partial charge is 0.416 e. The summed E-state index contributed by atoms with van der Waals surface area (Å²) in [4.78, 5) is 5.32. The van der Waals surface area contributed by atoms with Gasteiger partial charge in [0, 0.05) is 27.5 Å². The molecule has 26 heavy (non-hydrogen) atoms. The second kappa shape index (κ2) is 8.31.